The SMILES string of the molecule is CC.CC.CCc1ccccc1/C=C/C(=O)NS(C)(=O)=O. The Labute approximate surface area is 129 Å². The second-order valence-corrected chi connectivity index (χ2v) is 5.37. The largest absolute Gasteiger partial charge is 0.269 e. The Bertz CT molecular complexity index is 534. The Balaban J connectivity index is 0. The molecule has 5 heteroatoms. The third kappa shape index (κ3) is 10.8. The van der Waals surface area contributed by atoms with E-state index in [0.29, 0.717) is 0 Å². The number of rotatable bonds is 4. The molecule has 4 nitrogen and oxygen atoms in total. The zero-order valence-corrected chi connectivity index (χ0v) is 14.6. The molecule has 1 amide bonds. The molecule has 0 aliphatic carbocycles. The number of nitrogens with one attached hydrogen (secondary N) is 1. The highest BCUT2D eigenvalue weighted by atomic mass is 32.2. The second kappa shape index (κ2) is 12.1. The number of sulfonamides is 1. The molecule has 0 atom stereocenters. The van der Waals surface area contributed by atoms with Crippen LogP contribution < -0.4 is 4.72 Å². The number of hydrogen-bond acceptors (Lipinski definition) is 3. The zero-order valence-electron chi connectivity index (χ0n) is 13.8. The van der Waals surface area contributed by atoms with Gasteiger partial charge in [-0.1, -0.05) is 58.9 Å². The standard InChI is InChI=1S/C12H15NO3S.2C2H6/c1-3-10-6-4-5-7-11(10)8-9-12(14)13-17(2,15)16;2*1-2/h4-9H,3H2,1-2H3,(H,13,14);2*1-2H3/b9-8+;;. The molecule has 21 heavy (non-hydrogen) atoms. The summed E-state index contributed by atoms with van der Waals surface area (Å²) in [4.78, 5) is 11.3. The molecule has 0 unspecified atom stereocenters. The molecule has 0 aliphatic rings. The predicted molar refractivity (Wildman–Crippen MR) is 90.5 cm³/mol. The molecule has 1 aromatic carbocycles. The van der Waals surface area contributed by atoms with Gasteiger partial charge in [-0.15, -0.1) is 0 Å². The Hall–Kier alpha value is -1.62. The minimum Gasteiger partial charge on any atom is -0.269 e. The van der Waals surface area contributed by atoms with Crippen LogP contribution in [0.15, 0.2) is 30.3 Å². The summed E-state index contributed by atoms with van der Waals surface area (Å²) < 4.78 is 23.5. The van der Waals surface area contributed by atoms with Gasteiger partial charge in [0.25, 0.3) is 5.91 Å². The zero-order chi connectivity index (χ0) is 16.9. The van der Waals surface area contributed by atoms with E-state index in [1.165, 1.54) is 6.08 Å². The molecule has 120 valence electrons. The Morgan fingerprint density at radius 2 is 1.67 bits per heavy atom. The summed E-state index contributed by atoms with van der Waals surface area (Å²) in [6, 6.07) is 7.64. The van der Waals surface area contributed by atoms with Crippen LogP contribution in [0.5, 0.6) is 0 Å². The van der Waals surface area contributed by atoms with E-state index in [-0.39, 0.29) is 0 Å². The van der Waals surface area contributed by atoms with Gasteiger partial charge in [-0.25, -0.2) is 13.1 Å². The fourth-order valence-corrected chi connectivity index (χ4v) is 1.83. The van der Waals surface area contributed by atoms with Gasteiger partial charge in [0.15, 0.2) is 0 Å². The lowest BCUT2D eigenvalue weighted by Crippen LogP contribution is -2.27. The minimum atomic E-state index is -3.49. The molecule has 1 N–H and O–H groups in total. The molecule has 1 rings (SSSR count). The summed E-state index contributed by atoms with van der Waals surface area (Å²) in [5.74, 6) is -0.640. The summed E-state index contributed by atoms with van der Waals surface area (Å²) in [5, 5.41) is 0. The van der Waals surface area contributed by atoms with Crippen molar-refractivity contribution in [3.8, 4) is 0 Å². The maximum absolute atomic E-state index is 11.3. The fraction of sp³-hybridized carbons (Fsp3) is 0.438. The van der Waals surface area contributed by atoms with Crippen molar-refractivity contribution >= 4 is 22.0 Å². The molecule has 0 fully saturated rings. The van der Waals surface area contributed by atoms with Crippen LogP contribution in [0.1, 0.15) is 45.7 Å². The topological polar surface area (TPSA) is 63.2 Å². The third-order valence-corrected chi connectivity index (χ3v) is 2.71. The van der Waals surface area contributed by atoms with E-state index in [4.69, 9.17) is 0 Å². The normalized spacial score (nSPS) is 10.0. The molecule has 1 aromatic rings. The van der Waals surface area contributed by atoms with Gasteiger partial charge in [-0.05, 0) is 23.6 Å². The number of carbonyl (C=O) groups excluding carboxylic acids is 1. The maximum atomic E-state index is 11.3. The Morgan fingerprint density at radius 1 is 1.14 bits per heavy atom. The van der Waals surface area contributed by atoms with Crippen LogP contribution in [0.4, 0.5) is 0 Å². The quantitative estimate of drug-likeness (QED) is 0.867. The molecule has 0 saturated heterocycles. The Morgan fingerprint density at radius 3 is 2.14 bits per heavy atom. The van der Waals surface area contributed by atoms with E-state index in [1.807, 2.05) is 63.6 Å². The van der Waals surface area contributed by atoms with Crippen LogP contribution in [0.2, 0.25) is 0 Å². The highest BCUT2D eigenvalue weighted by Crippen LogP contribution is 2.10. The van der Waals surface area contributed by atoms with Crippen molar-refractivity contribution in [1.82, 2.24) is 4.72 Å². The van der Waals surface area contributed by atoms with Crippen molar-refractivity contribution in [2.24, 2.45) is 0 Å². The first-order valence-corrected chi connectivity index (χ1v) is 9.09. The van der Waals surface area contributed by atoms with E-state index in [1.54, 1.807) is 6.08 Å². The number of carbonyl (C=O) groups is 1. The molecule has 0 bridgehead atoms. The van der Waals surface area contributed by atoms with Gasteiger partial charge in [0, 0.05) is 6.08 Å². The van der Waals surface area contributed by atoms with Crippen LogP contribution in [0.3, 0.4) is 0 Å². The van der Waals surface area contributed by atoms with E-state index in [2.05, 4.69) is 0 Å². The average molecular weight is 313 g/mol. The summed E-state index contributed by atoms with van der Waals surface area (Å²) in [5.41, 5.74) is 2.02. The van der Waals surface area contributed by atoms with Crippen molar-refractivity contribution in [3.63, 3.8) is 0 Å². The lowest BCUT2D eigenvalue weighted by atomic mass is 10.1. The van der Waals surface area contributed by atoms with Crippen molar-refractivity contribution in [3.05, 3.63) is 41.5 Å². The molecule has 0 aromatic heterocycles. The minimum absolute atomic E-state index is 0.640. The van der Waals surface area contributed by atoms with Gasteiger partial charge in [-0.2, -0.15) is 0 Å². The number of hydrogen-bond donors (Lipinski definition) is 1. The molecule has 0 aliphatic heterocycles. The maximum Gasteiger partial charge on any atom is 0.257 e. The molecular weight excluding hydrogens is 286 g/mol. The van der Waals surface area contributed by atoms with Crippen LogP contribution in [0, 0.1) is 0 Å². The predicted octanol–water partition coefficient (Wildman–Crippen LogP) is 3.39. The van der Waals surface area contributed by atoms with Gasteiger partial charge < -0.3 is 0 Å². The van der Waals surface area contributed by atoms with Gasteiger partial charge >= 0.3 is 0 Å². The summed E-state index contributed by atoms with van der Waals surface area (Å²) >= 11 is 0. The van der Waals surface area contributed by atoms with Gasteiger partial charge in [0.1, 0.15) is 0 Å². The lowest BCUT2D eigenvalue weighted by Gasteiger charge is -2.02. The summed E-state index contributed by atoms with van der Waals surface area (Å²) in [6.45, 7) is 10.0. The van der Waals surface area contributed by atoms with E-state index < -0.39 is 15.9 Å². The molecule has 0 heterocycles. The van der Waals surface area contributed by atoms with Crippen LogP contribution in [-0.4, -0.2) is 20.6 Å². The summed E-state index contributed by atoms with van der Waals surface area (Å²) in [6.07, 6.45) is 4.63. The van der Waals surface area contributed by atoms with Crippen molar-refractivity contribution in [2.75, 3.05) is 6.26 Å². The highest BCUT2D eigenvalue weighted by molar-refractivity contribution is 7.89. The molecule has 0 radical (unpaired) electrons. The first-order chi connectivity index (χ1) is 9.92. The second-order valence-electron chi connectivity index (χ2n) is 3.62. The third-order valence-electron chi connectivity index (χ3n) is 2.14. The smallest absolute Gasteiger partial charge is 0.257 e. The molecule has 0 spiro atoms. The van der Waals surface area contributed by atoms with Crippen LogP contribution in [0.25, 0.3) is 6.08 Å². The average Bonchev–Trinajstić information content (AvgIpc) is 2.48. The molecule has 0 saturated carbocycles. The Kier molecular flexibility index (Phi) is 12.5. The lowest BCUT2D eigenvalue weighted by molar-refractivity contribution is -0.114. The number of aryl methyl sites for hydroxylation is 1. The van der Waals surface area contributed by atoms with Gasteiger partial charge in [0.05, 0.1) is 6.26 Å². The fourth-order valence-electron chi connectivity index (χ4n) is 1.40. The number of benzene rings is 1. The van der Waals surface area contributed by atoms with E-state index in [0.717, 1.165) is 23.8 Å². The van der Waals surface area contributed by atoms with Crippen LogP contribution in [-0.2, 0) is 21.2 Å². The van der Waals surface area contributed by atoms with Gasteiger partial charge in [0.2, 0.25) is 10.0 Å². The first-order valence-electron chi connectivity index (χ1n) is 7.20. The highest BCUT2D eigenvalue weighted by Gasteiger charge is 2.04. The first kappa shape index (κ1) is 21.7. The van der Waals surface area contributed by atoms with Gasteiger partial charge in [-0.3, -0.25) is 4.79 Å². The van der Waals surface area contributed by atoms with Crippen LogP contribution >= 0.6 is 0 Å². The van der Waals surface area contributed by atoms with Crippen molar-refractivity contribution in [2.45, 2.75) is 41.0 Å². The molecular formula is C16H27NO3S. The van der Waals surface area contributed by atoms with E-state index in [9.17, 15) is 13.2 Å². The monoisotopic (exact) mass is 313 g/mol. The van der Waals surface area contributed by atoms with E-state index >= 15 is 0 Å². The summed E-state index contributed by atoms with van der Waals surface area (Å²) in [7, 11) is -3.49. The van der Waals surface area contributed by atoms with Crippen molar-refractivity contribution < 1.29 is 13.2 Å². The van der Waals surface area contributed by atoms with Crippen molar-refractivity contribution in [1.29, 1.82) is 0 Å². The number of amides is 1.